The molecule has 9 heteroatoms. The van der Waals surface area contributed by atoms with Crippen molar-refractivity contribution in [1.29, 1.82) is 0 Å². The molecule has 7 nitrogen and oxygen atoms in total. The maximum atomic E-state index is 12.3. The minimum absolute atomic E-state index is 0.249. The van der Waals surface area contributed by atoms with Gasteiger partial charge in [0.15, 0.2) is 0 Å². The summed E-state index contributed by atoms with van der Waals surface area (Å²) in [7, 11) is -1.39. The fourth-order valence-electron chi connectivity index (χ4n) is 1.42. The Morgan fingerprint density at radius 3 is 2.53 bits per heavy atom. The third kappa shape index (κ3) is 3.11. The molecule has 0 saturated heterocycles. The summed E-state index contributed by atoms with van der Waals surface area (Å²) < 4.78 is 25.4. The van der Waals surface area contributed by atoms with E-state index in [0.29, 0.717) is 5.56 Å². The highest BCUT2D eigenvalue weighted by molar-refractivity contribution is 7.89. The Bertz CT molecular complexity index is 605. The van der Waals surface area contributed by atoms with Crippen LogP contribution in [0.25, 0.3) is 0 Å². The lowest BCUT2D eigenvalue weighted by Gasteiger charge is -2.16. The molecule has 1 amide bonds. The average Bonchev–Trinajstić information content (AvgIpc) is 2.71. The van der Waals surface area contributed by atoms with Gasteiger partial charge in [-0.1, -0.05) is 0 Å². The lowest BCUT2D eigenvalue weighted by Crippen LogP contribution is -2.37. The third-order valence-electron chi connectivity index (χ3n) is 2.43. The molecule has 0 atom stereocenters. The van der Waals surface area contributed by atoms with Crippen LogP contribution in [0.1, 0.15) is 15.2 Å². The number of rotatable bonds is 5. The van der Waals surface area contributed by atoms with Gasteiger partial charge in [-0.15, -0.1) is 11.3 Å². The van der Waals surface area contributed by atoms with Gasteiger partial charge in [0.25, 0.3) is 0 Å². The van der Waals surface area contributed by atoms with Gasteiger partial charge in [0.2, 0.25) is 15.9 Å². The smallest absolute Gasteiger partial charge is 0.347 e. The molecule has 0 unspecified atom stereocenters. The predicted molar refractivity (Wildman–Crippen MR) is 69.9 cm³/mol. The van der Waals surface area contributed by atoms with Crippen LogP contribution in [0, 0.1) is 6.92 Å². The molecule has 0 aliphatic carbocycles. The quantitative estimate of drug-likeness (QED) is 0.804. The Hall–Kier alpha value is -1.45. The number of amides is 1. The first-order valence-corrected chi connectivity index (χ1v) is 7.52. The van der Waals surface area contributed by atoms with Gasteiger partial charge in [0.05, 0.1) is 6.54 Å². The molecule has 1 rings (SSSR count). The van der Waals surface area contributed by atoms with E-state index < -0.39 is 21.9 Å². The van der Waals surface area contributed by atoms with Crippen LogP contribution >= 0.6 is 11.3 Å². The van der Waals surface area contributed by atoms with E-state index in [4.69, 9.17) is 5.11 Å². The molecular formula is C10H14N2O5S2. The predicted octanol–water partition coefficient (Wildman–Crippen LogP) is 0.121. The lowest BCUT2D eigenvalue weighted by molar-refractivity contribution is -0.120. The largest absolute Gasteiger partial charge is 0.477 e. The van der Waals surface area contributed by atoms with Crippen LogP contribution in [-0.4, -0.2) is 50.3 Å². The number of sulfonamides is 1. The Balaban J connectivity index is 3.24. The van der Waals surface area contributed by atoms with Crippen molar-refractivity contribution in [3.8, 4) is 0 Å². The Kier molecular flexibility index (Phi) is 4.66. The first kappa shape index (κ1) is 15.6. The topological polar surface area (TPSA) is 104 Å². The van der Waals surface area contributed by atoms with E-state index >= 15 is 0 Å². The van der Waals surface area contributed by atoms with Crippen molar-refractivity contribution in [2.75, 3.05) is 20.6 Å². The number of nitrogens with one attached hydrogen (secondary N) is 1. The zero-order valence-electron chi connectivity index (χ0n) is 10.6. The molecule has 2 N–H and O–H groups in total. The zero-order valence-corrected chi connectivity index (χ0v) is 12.3. The van der Waals surface area contributed by atoms with Crippen LogP contribution in [0.2, 0.25) is 0 Å². The summed E-state index contributed by atoms with van der Waals surface area (Å²) in [5.41, 5.74) is 0.353. The van der Waals surface area contributed by atoms with Crippen LogP contribution in [0.4, 0.5) is 0 Å². The molecule has 19 heavy (non-hydrogen) atoms. The van der Waals surface area contributed by atoms with E-state index in [-0.39, 0.29) is 16.3 Å². The molecule has 0 radical (unpaired) electrons. The minimum atomic E-state index is -4.01. The number of likely N-dealkylation sites (N-methyl/N-ethyl adjacent to an activating group) is 2. The normalized spacial score (nSPS) is 11.6. The standard InChI is InChI=1S/C10H14N2O5S2/c1-6-5-18-8(10(14)15)9(6)19(16,17)12(3)4-7(13)11-2/h5H,4H2,1-3H3,(H,11,13)(H,14,15). The molecule has 1 heterocycles. The Labute approximate surface area is 114 Å². The van der Waals surface area contributed by atoms with Gasteiger partial charge in [-0.05, 0) is 17.9 Å². The molecule has 0 aromatic carbocycles. The van der Waals surface area contributed by atoms with Gasteiger partial charge >= 0.3 is 5.97 Å². The highest BCUT2D eigenvalue weighted by Gasteiger charge is 2.31. The molecule has 0 saturated carbocycles. The number of hydrogen-bond acceptors (Lipinski definition) is 5. The maximum absolute atomic E-state index is 12.3. The summed E-state index contributed by atoms with van der Waals surface area (Å²) in [6, 6.07) is 0. The molecule has 0 fully saturated rings. The number of carboxylic acids is 1. The van der Waals surface area contributed by atoms with Crippen LogP contribution in [0.15, 0.2) is 10.3 Å². The van der Waals surface area contributed by atoms with Crippen molar-refractivity contribution in [1.82, 2.24) is 9.62 Å². The third-order valence-corrected chi connectivity index (χ3v) is 5.63. The number of carbonyl (C=O) groups excluding carboxylic acids is 1. The fraction of sp³-hybridized carbons (Fsp3) is 0.400. The second-order valence-corrected chi connectivity index (χ2v) is 6.68. The first-order chi connectivity index (χ1) is 8.71. The monoisotopic (exact) mass is 306 g/mol. The summed E-state index contributed by atoms with van der Waals surface area (Å²) in [6.07, 6.45) is 0. The van der Waals surface area contributed by atoms with E-state index in [1.165, 1.54) is 26.4 Å². The van der Waals surface area contributed by atoms with E-state index in [2.05, 4.69) is 5.32 Å². The summed E-state index contributed by atoms with van der Waals surface area (Å²) in [5.74, 6) is -1.78. The van der Waals surface area contributed by atoms with Gasteiger partial charge in [-0.25, -0.2) is 13.2 Å². The summed E-state index contributed by atoms with van der Waals surface area (Å²) in [5, 5.41) is 12.8. The van der Waals surface area contributed by atoms with Crippen molar-refractivity contribution < 1.29 is 23.1 Å². The van der Waals surface area contributed by atoms with Crippen LogP contribution < -0.4 is 5.32 Å². The van der Waals surface area contributed by atoms with Gasteiger partial charge in [-0.2, -0.15) is 4.31 Å². The number of carbonyl (C=O) groups is 2. The first-order valence-electron chi connectivity index (χ1n) is 5.20. The van der Waals surface area contributed by atoms with E-state index in [0.717, 1.165) is 15.6 Å². The van der Waals surface area contributed by atoms with E-state index in [1.807, 2.05) is 0 Å². The lowest BCUT2D eigenvalue weighted by atomic mass is 10.3. The van der Waals surface area contributed by atoms with E-state index in [9.17, 15) is 18.0 Å². The van der Waals surface area contributed by atoms with Gasteiger partial charge < -0.3 is 10.4 Å². The molecule has 0 aliphatic rings. The highest BCUT2D eigenvalue weighted by Crippen LogP contribution is 2.28. The van der Waals surface area contributed by atoms with Gasteiger partial charge in [0.1, 0.15) is 9.77 Å². The molecule has 1 aromatic rings. The zero-order chi connectivity index (χ0) is 14.8. The van der Waals surface area contributed by atoms with E-state index in [1.54, 1.807) is 0 Å². The van der Waals surface area contributed by atoms with Crippen molar-refractivity contribution in [2.45, 2.75) is 11.8 Å². The fourth-order valence-corrected chi connectivity index (χ4v) is 4.13. The maximum Gasteiger partial charge on any atom is 0.347 e. The second kappa shape index (κ2) is 5.68. The van der Waals surface area contributed by atoms with Crippen molar-refractivity contribution in [3.05, 3.63) is 15.8 Å². The molecule has 1 aromatic heterocycles. The molecular weight excluding hydrogens is 292 g/mol. The number of thiophene rings is 1. The highest BCUT2D eigenvalue weighted by atomic mass is 32.2. The number of aryl methyl sites for hydroxylation is 1. The van der Waals surface area contributed by atoms with Crippen LogP contribution in [0.5, 0.6) is 0 Å². The van der Waals surface area contributed by atoms with Crippen LogP contribution in [-0.2, 0) is 14.8 Å². The summed E-state index contributed by atoms with van der Waals surface area (Å²) in [4.78, 5) is 21.7. The number of nitrogens with zero attached hydrogens (tertiary/aromatic N) is 1. The summed E-state index contributed by atoms with van der Waals surface area (Å²) >= 11 is 0.847. The van der Waals surface area contributed by atoms with Gasteiger partial charge in [-0.3, -0.25) is 4.79 Å². The van der Waals surface area contributed by atoms with Gasteiger partial charge in [0, 0.05) is 14.1 Å². The summed E-state index contributed by atoms with van der Waals surface area (Å²) in [6.45, 7) is 1.15. The van der Waals surface area contributed by atoms with Crippen molar-refractivity contribution >= 4 is 33.2 Å². The minimum Gasteiger partial charge on any atom is -0.477 e. The number of carboxylic acid groups (broad SMARTS) is 1. The molecule has 0 aliphatic heterocycles. The van der Waals surface area contributed by atoms with Crippen LogP contribution in [0.3, 0.4) is 0 Å². The number of aromatic carboxylic acids is 1. The Morgan fingerprint density at radius 2 is 2.05 bits per heavy atom. The SMILES string of the molecule is CNC(=O)CN(C)S(=O)(=O)c1c(C)csc1C(=O)O. The second-order valence-electron chi connectivity index (χ2n) is 3.82. The molecule has 0 bridgehead atoms. The Morgan fingerprint density at radius 1 is 1.47 bits per heavy atom. The molecule has 106 valence electrons. The average molecular weight is 306 g/mol. The number of hydrogen-bond donors (Lipinski definition) is 2. The molecule has 0 spiro atoms. The van der Waals surface area contributed by atoms with Crippen molar-refractivity contribution in [2.24, 2.45) is 0 Å². The van der Waals surface area contributed by atoms with Crippen molar-refractivity contribution in [3.63, 3.8) is 0 Å².